The first-order chi connectivity index (χ1) is 9.65. The van der Waals surface area contributed by atoms with Crippen molar-refractivity contribution in [2.24, 2.45) is 0 Å². The zero-order valence-electron chi connectivity index (χ0n) is 9.93. The molecule has 1 aromatic carbocycles. The SMILES string of the molecule is O=C(Nc1nc2c(F)ccc(F)c2s1)c1ccccn1. The number of anilines is 1. The summed E-state index contributed by atoms with van der Waals surface area (Å²) >= 11 is 0.875. The Bertz CT molecular complexity index is 750. The summed E-state index contributed by atoms with van der Waals surface area (Å²) in [5.41, 5.74) is 0.110. The van der Waals surface area contributed by atoms with Crippen LogP contribution < -0.4 is 5.32 Å². The van der Waals surface area contributed by atoms with E-state index < -0.39 is 17.5 Å². The molecule has 4 nitrogen and oxygen atoms in total. The lowest BCUT2D eigenvalue weighted by Crippen LogP contribution is -2.12. The maximum absolute atomic E-state index is 13.5. The fourth-order valence-corrected chi connectivity index (χ4v) is 2.54. The first kappa shape index (κ1) is 12.6. The van der Waals surface area contributed by atoms with E-state index in [0.717, 1.165) is 23.5 Å². The molecule has 0 bridgehead atoms. The monoisotopic (exact) mass is 291 g/mol. The molecule has 0 saturated heterocycles. The number of hydrogen-bond acceptors (Lipinski definition) is 4. The number of hydrogen-bond donors (Lipinski definition) is 1. The van der Waals surface area contributed by atoms with Gasteiger partial charge in [0.25, 0.3) is 5.91 Å². The lowest BCUT2D eigenvalue weighted by Gasteiger charge is -1.99. The molecule has 0 aliphatic heterocycles. The van der Waals surface area contributed by atoms with Gasteiger partial charge in [0.1, 0.15) is 17.0 Å². The molecule has 0 spiro atoms. The van der Waals surface area contributed by atoms with E-state index in [-0.39, 0.29) is 21.0 Å². The number of halogens is 2. The van der Waals surface area contributed by atoms with Gasteiger partial charge in [0.2, 0.25) is 0 Å². The number of pyridine rings is 1. The zero-order valence-corrected chi connectivity index (χ0v) is 10.7. The first-order valence-corrected chi connectivity index (χ1v) is 6.44. The van der Waals surface area contributed by atoms with E-state index in [4.69, 9.17) is 0 Å². The van der Waals surface area contributed by atoms with Gasteiger partial charge in [-0.3, -0.25) is 15.1 Å². The van der Waals surface area contributed by atoms with Crippen molar-refractivity contribution in [1.29, 1.82) is 0 Å². The number of fused-ring (bicyclic) bond motifs is 1. The highest BCUT2D eigenvalue weighted by molar-refractivity contribution is 7.22. The van der Waals surface area contributed by atoms with Crippen LogP contribution in [0.2, 0.25) is 0 Å². The standard InChI is InChI=1S/C13H7F2N3OS/c14-7-4-5-8(15)11-10(7)17-13(20-11)18-12(19)9-3-1-2-6-16-9/h1-6H,(H,17,18,19). The van der Waals surface area contributed by atoms with Crippen molar-refractivity contribution in [3.8, 4) is 0 Å². The van der Waals surface area contributed by atoms with Crippen molar-refractivity contribution in [3.63, 3.8) is 0 Å². The van der Waals surface area contributed by atoms with Gasteiger partial charge in [-0.05, 0) is 24.3 Å². The van der Waals surface area contributed by atoms with Crippen LogP contribution in [0.25, 0.3) is 10.2 Å². The lowest BCUT2D eigenvalue weighted by atomic mass is 10.3. The van der Waals surface area contributed by atoms with Gasteiger partial charge in [-0.15, -0.1) is 0 Å². The van der Waals surface area contributed by atoms with Crippen LogP contribution in [-0.4, -0.2) is 15.9 Å². The number of nitrogens with zero attached hydrogens (tertiary/aromatic N) is 2. The van der Waals surface area contributed by atoms with Gasteiger partial charge in [-0.2, -0.15) is 0 Å². The van der Waals surface area contributed by atoms with Crippen LogP contribution in [-0.2, 0) is 0 Å². The first-order valence-electron chi connectivity index (χ1n) is 5.62. The highest BCUT2D eigenvalue weighted by atomic mass is 32.1. The molecule has 20 heavy (non-hydrogen) atoms. The third-order valence-corrected chi connectivity index (χ3v) is 3.54. The largest absolute Gasteiger partial charge is 0.296 e. The molecule has 0 aliphatic carbocycles. The highest BCUT2D eigenvalue weighted by Gasteiger charge is 2.15. The smallest absolute Gasteiger partial charge is 0.276 e. The van der Waals surface area contributed by atoms with Crippen molar-refractivity contribution in [3.05, 3.63) is 53.9 Å². The minimum absolute atomic E-state index is 0.0707. The average molecular weight is 291 g/mol. The Balaban J connectivity index is 1.94. The Morgan fingerprint density at radius 3 is 2.65 bits per heavy atom. The fourth-order valence-electron chi connectivity index (χ4n) is 1.66. The molecule has 1 N–H and O–H groups in total. The molecule has 0 aliphatic rings. The summed E-state index contributed by atoms with van der Waals surface area (Å²) in [6.07, 6.45) is 1.48. The van der Waals surface area contributed by atoms with Gasteiger partial charge in [-0.1, -0.05) is 17.4 Å². The summed E-state index contributed by atoms with van der Waals surface area (Å²) in [4.78, 5) is 19.6. The molecule has 2 aromatic heterocycles. The molecule has 7 heteroatoms. The molecule has 0 saturated carbocycles. The Labute approximate surface area is 116 Å². The summed E-state index contributed by atoms with van der Waals surface area (Å²) in [5.74, 6) is -1.68. The summed E-state index contributed by atoms with van der Waals surface area (Å²) < 4.78 is 27.1. The van der Waals surface area contributed by atoms with Crippen LogP contribution in [0.1, 0.15) is 10.5 Å². The topological polar surface area (TPSA) is 54.9 Å². The summed E-state index contributed by atoms with van der Waals surface area (Å²) in [6, 6.07) is 6.91. The molecular weight excluding hydrogens is 284 g/mol. The molecule has 0 atom stereocenters. The molecule has 3 aromatic rings. The van der Waals surface area contributed by atoms with E-state index in [0.29, 0.717) is 0 Å². The molecule has 1 amide bonds. The average Bonchev–Trinajstić information content (AvgIpc) is 2.89. The Hall–Kier alpha value is -2.41. The molecule has 0 unspecified atom stereocenters. The second-order valence-corrected chi connectivity index (χ2v) is 4.89. The van der Waals surface area contributed by atoms with Crippen molar-refractivity contribution in [2.75, 3.05) is 5.32 Å². The highest BCUT2D eigenvalue weighted by Crippen LogP contribution is 2.30. The zero-order chi connectivity index (χ0) is 14.1. The van der Waals surface area contributed by atoms with Crippen molar-refractivity contribution < 1.29 is 13.6 Å². The Morgan fingerprint density at radius 2 is 1.95 bits per heavy atom. The fraction of sp³-hybridized carbons (Fsp3) is 0. The number of nitrogens with one attached hydrogen (secondary N) is 1. The summed E-state index contributed by atoms with van der Waals surface area (Å²) in [5, 5.41) is 2.60. The van der Waals surface area contributed by atoms with E-state index in [1.54, 1.807) is 12.1 Å². The third kappa shape index (κ3) is 2.23. The molecule has 100 valence electrons. The van der Waals surface area contributed by atoms with Crippen LogP contribution in [0.15, 0.2) is 36.5 Å². The number of carbonyl (C=O) groups is 1. The third-order valence-electron chi connectivity index (χ3n) is 2.56. The minimum atomic E-state index is -0.629. The number of rotatable bonds is 2. The number of carbonyl (C=O) groups excluding carboxylic acids is 1. The van der Waals surface area contributed by atoms with Crippen molar-refractivity contribution in [1.82, 2.24) is 9.97 Å². The summed E-state index contributed by atoms with van der Waals surface area (Å²) in [7, 11) is 0. The van der Waals surface area contributed by atoms with Crippen LogP contribution in [0.4, 0.5) is 13.9 Å². The Kier molecular flexibility index (Phi) is 3.11. The maximum atomic E-state index is 13.5. The van der Waals surface area contributed by atoms with E-state index >= 15 is 0 Å². The van der Waals surface area contributed by atoms with Crippen LogP contribution in [0.3, 0.4) is 0 Å². The summed E-state index contributed by atoms with van der Waals surface area (Å²) in [6.45, 7) is 0. The van der Waals surface area contributed by atoms with Crippen LogP contribution in [0.5, 0.6) is 0 Å². The van der Waals surface area contributed by atoms with E-state index in [1.807, 2.05) is 0 Å². The van der Waals surface area contributed by atoms with Crippen molar-refractivity contribution in [2.45, 2.75) is 0 Å². The molecule has 0 radical (unpaired) electrons. The van der Waals surface area contributed by atoms with E-state index in [9.17, 15) is 13.6 Å². The second-order valence-electron chi connectivity index (χ2n) is 3.90. The van der Waals surface area contributed by atoms with Gasteiger partial charge in [0.05, 0.1) is 4.70 Å². The van der Waals surface area contributed by atoms with Gasteiger partial charge in [0, 0.05) is 6.20 Å². The molecular formula is C13H7F2N3OS. The lowest BCUT2D eigenvalue weighted by molar-refractivity contribution is 0.102. The number of thiazole rings is 1. The Morgan fingerprint density at radius 1 is 1.15 bits per heavy atom. The number of amides is 1. The number of aromatic nitrogens is 2. The molecule has 3 rings (SSSR count). The van der Waals surface area contributed by atoms with Gasteiger partial charge < -0.3 is 0 Å². The quantitative estimate of drug-likeness (QED) is 0.788. The predicted molar refractivity (Wildman–Crippen MR) is 71.7 cm³/mol. The van der Waals surface area contributed by atoms with Gasteiger partial charge >= 0.3 is 0 Å². The van der Waals surface area contributed by atoms with Gasteiger partial charge in [-0.25, -0.2) is 13.8 Å². The van der Waals surface area contributed by atoms with Gasteiger partial charge in [0.15, 0.2) is 10.9 Å². The minimum Gasteiger partial charge on any atom is -0.296 e. The van der Waals surface area contributed by atoms with E-state index in [2.05, 4.69) is 15.3 Å². The predicted octanol–water partition coefficient (Wildman–Crippen LogP) is 3.22. The normalized spacial score (nSPS) is 10.7. The molecule has 0 fully saturated rings. The van der Waals surface area contributed by atoms with Crippen LogP contribution in [0, 0.1) is 11.6 Å². The molecule has 2 heterocycles. The van der Waals surface area contributed by atoms with Crippen molar-refractivity contribution >= 4 is 32.6 Å². The van der Waals surface area contributed by atoms with E-state index in [1.165, 1.54) is 12.3 Å². The maximum Gasteiger partial charge on any atom is 0.276 e. The second kappa shape index (κ2) is 4.93. The number of benzene rings is 1. The van der Waals surface area contributed by atoms with Crippen LogP contribution >= 0.6 is 11.3 Å².